The quantitative estimate of drug-likeness (QED) is 0.431. The van der Waals surface area contributed by atoms with E-state index in [9.17, 15) is 5.11 Å². The summed E-state index contributed by atoms with van der Waals surface area (Å²) in [4.78, 5) is 1.28. The molecule has 0 radical (unpaired) electrons. The van der Waals surface area contributed by atoms with E-state index in [0.717, 1.165) is 19.3 Å². The number of aliphatic hydroxyl groups is 1. The standard InChI is InChI=1S/C21H30OS/c1-17(2)9-8-10-18(3)13-14-21(19(4)15-16-22)23-20-11-6-5-7-12-20/h5-7,9,11-13,15,21-22H,8,10,14,16H2,1-4H3/b18-13-,19-15+. The Balaban J connectivity index is 2.69. The van der Waals surface area contributed by atoms with Gasteiger partial charge in [-0.15, -0.1) is 11.8 Å². The minimum Gasteiger partial charge on any atom is -0.392 e. The summed E-state index contributed by atoms with van der Waals surface area (Å²) in [5.74, 6) is 0. The highest BCUT2D eigenvalue weighted by molar-refractivity contribution is 8.00. The summed E-state index contributed by atoms with van der Waals surface area (Å²) in [6, 6.07) is 10.5. The highest BCUT2D eigenvalue weighted by Gasteiger charge is 2.11. The lowest BCUT2D eigenvalue weighted by atomic mass is 10.1. The Hall–Kier alpha value is -1.25. The molecule has 1 aromatic rings. The number of rotatable bonds is 9. The molecule has 0 aromatic heterocycles. The summed E-state index contributed by atoms with van der Waals surface area (Å²) < 4.78 is 0. The molecule has 0 aliphatic carbocycles. The van der Waals surface area contributed by atoms with E-state index in [1.807, 2.05) is 23.9 Å². The molecule has 2 heteroatoms. The first-order valence-corrected chi connectivity index (χ1v) is 9.19. The van der Waals surface area contributed by atoms with Crippen LogP contribution >= 0.6 is 11.8 Å². The zero-order chi connectivity index (χ0) is 17.1. The van der Waals surface area contributed by atoms with E-state index in [0.29, 0.717) is 5.25 Å². The first-order valence-electron chi connectivity index (χ1n) is 8.31. The number of hydrogen-bond donors (Lipinski definition) is 1. The molecule has 0 heterocycles. The number of benzene rings is 1. The third-order valence-corrected chi connectivity index (χ3v) is 5.11. The third-order valence-electron chi connectivity index (χ3n) is 3.71. The van der Waals surface area contributed by atoms with Crippen LogP contribution in [-0.2, 0) is 0 Å². The maximum absolute atomic E-state index is 9.19. The van der Waals surface area contributed by atoms with E-state index in [4.69, 9.17) is 0 Å². The van der Waals surface area contributed by atoms with Gasteiger partial charge in [0.25, 0.3) is 0 Å². The van der Waals surface area contributed by atoms with E-state index in [2.05, 4.69) is 64.1 Å². The summed E-state index contributed by atoms with van der Waals surface area (Å²) in [7, 11) is 0. The van der Waals surface area contributed by atoms with Gasteiger partial charge < -0.3 is 5.11 Å². The largest absolute Gasteiger partial charge is 0.392 e. The Labute approximate surface area is 146 Å². The maximum Gasteiger partial charge on any atom is 0.0615 e. The van der Waals surface area contributed by atoms with Crippen LogP contribution < -0.4 is 0 Å². The molecule has 0 amide bonds. The first-order chi connectivity index (χ1) is 11.0. The predicted molar refractivity (Wildman–Crippen MR) is 104 cm³/mol. The monoisotopic (exact) mass is 330 g/mol. The summed E-state index contributed by atoms with van der Waals surface area (Å²) >= 11 is 1.87. The Morgan fingerprint density at radius 3 is 2.35 bits per heavy atom. The van der Waals surface area contributed by atoms with E-state index < -0.39 is 0 Å². The third kappa shape index (κ3) is 8.83. The number of allylic oxidation sites excluding steroid dienone is 4. The molecule has 1 N–H and O–H groups in total. The van der Waals surface area contributed by atoms with Crippen LogP contribution in [0.25, 0.3) is 0 Å². The van der Waals surface area contributed by atoms with Crippen LogP contribution in [0.1, 0.15) is 47.0 Å². The molecule has 0 saturated carbocycles. The van der Waals surface area contributed by atoms with Gasteiger partial charge in [0.1, 0.15) is 0 Å². The normalized spacial score (nSPS) is 13.8. The molecule has 0 fully saturated rings. The van der Waals surface area contributed by atoms with Crippen molar-refractivity contribution in [3.8, 4) is 0 Å². The molecular weight excluding hydrogens is 300 g/mol. The number of aliphatic hydroxyl groups excluding tert-OH is 1. The van der Waals surface area contributed by atoms with E-state index in [1.54, 1.807) is 0 Å². The Morgan fingerprint density at radius 2 is 1.74 bits per heavy atom. The fourth-order valence-corrected chi connectivity index (χ4v) is 3.38. The number of thioether (sulfide) groups is 1. The van der Waals surface area contributed by atoms with Crippen molar-refractivity contribution in [2.45, 2.75) is 57.1 Å². The zero-order valence-corrected chi connectivity index (χ0v) is 15.7. The van der Waals surface area contributed by atoms with Crippen molar-refractivity contribution in [2.24, 2.45) is 0 Å². The Morgan fingerprint density at radius 1 is 1.04 bits per heavy atom. The van der Waals surface area contributed by atoms with Gasteiger partial charge in [0, 0.05) is 10.1 Å². The summed E-state index contributed by atoms with van der Waals surface area (Å²) in [6.07, 6.45) is 9.82. The van der Waals surface area contributed by atoms with Crippen LogP contribution in [0.2, 0.25) is 0 Å². The average Bonchev–Trinajstić information content (AvgIpc) is 2.52. The van der Waals surface area contributed by atoms with Crippen LogP contribution in [-0.4, -0.2) is 17.0 Å². The molecule has 0 saturated heterocycles. The van der Waals surface area contributed by atoms with Crippen molar-refractivity contribution in [3.63, 3.8) is 0 Å². The molecule has 0 spiro atoms. The van der Waals surface area contributed by atoms with Crippen LogP contribution in [0, 0.1) is 0 Å². The van der Waals surface area contributed by atoms with Crippen molar-refractivity contribution < 1.29 is 5.11 Å². The lowest BCUT2D eigenvalue weighted by Gasteiger charge is -2.16. The molecule has 1 unspecified atom stereocenters. The molecule has 0 aliphatic rings. The fourth-order valence-electron chi connectivity index (χ4n) is 2.26. The molecule has 1 rings (SSSR count). The van der Waals surface area contributed by atoms with Gasteiger partial charge in [-0.1, -0.05) is 53.1 Å². The van der Waals surface area contributed by atoms with Gasteiger partial charge in [-0.3, -0.25) is 0 Å². The Bertz CT molecular complexity index is 536. The van der Waals surface area contributed by atoms with Gasteiger partial charge in [-0.25, -0.2) is 0 Å². The van der Waals surface area contributed by atoms with Crippen LogP contribution in [0.3, 0.4) is 0 Å². The minimum atomic E-state index is 0.112. The van der Waals surface area contributed by atoms with Crippen LogP contribution in [0.5, 0.6) is 0 Å². The molecule has 126 valence electrons. The van der Waals surface area contributed by atoms with Crippen LogP contribution in [0.15, 0.2) is 70.2 Å². The second-order valence-electron chi connectivity index (χ2n) is 6.16. The second kappa shape index (κ2) is 11.3. The summed E-state index contributed by atoms with van der Waals surface area (Å²) in [5.41, 5.74) is 4.07. The van der Waals surface area contributed by atoms with Crippen molar-refractivity contribution in [1.82, 2.24) is 0 Å². The first kappa shape index (κ1) is 19.8. The summed E-state index contributed by atoms with van der Waals surface area (Å²) in [5, 5.41) is 9.57. The Kier molecular flexibility index (Phi) is 9.74. The van der Waals surface area contributed by atoms with Crippen molar-refractivity contribution in [1.29, 1.82) is 0 Å². The SMILES string of the molecule is CC(C)=CCC/C(C)=C\CC(Sc1ccccc1)/C(C)=C/CO. The predicted octanol–water partition coefficient (Wildman–Crippen LogP) is 6.17. The van der Waals surface area contributed by atoms with Gasteiger partial charge in [0.05, 0.1) is 6.61 Å². The molecular formula is C21H30OS. The van der Waals surface area contributed by atoms with Gasteiger partial charge in [0.15, 0.2) is 0 Å². The lowest BCUT2D eigenvalue weighted by Crippen LogP contribution is -2.04. The fraction of sp³-hybridized carbons (Fsp3) is 0.429. The van der Waals surface area contributed by atoms with Crippen molar-refractivity contribution in [3.05, 3.63) is 65.3 Å². The van der Waals surface area contributed by atoms with E-state index in [-0.39, 0.29) is 6.61 Å². The average molecular weight is 331 g/mol. The van der Waals surface area contributed by atoms with Gasteiger partial charge in [-0.05, 0) is 59.1 Å². The van der Waals surface area contributed by atoms with Gasteiger partial charge in [-0.2, -0.15) is 0 Å². The highest BCUT2D eigenvalue weighted by atomic mass is 32.2. The van der Waals surface area contributed by atoms with Crippen LogP contribution in [0.4, 0.5) is 0 Å². The lowest BCUT2D eigenvalue weighted by molar-refractivity contribution is 0.341. The maximum atomic E-state index is 9.19. The van der Waals surface area contributed by atoms with Gasteiger partial charge >= 0.3 is 0 Å². The smallest absolute Gasteiger partial charge is 0.0615 e. The van der Waals surface area contributed by atoms with Crippen molar-refractivity contribution in [2.75, 3.05) is 6.61 Å². The highest BCUT2D eigenvalue weighted by Crippen LogP contribution is 2.30. The van der Waals surface area contributed by atoms with Gasteiger partial charge in [0.2, 0.25) is 0 Å². The van der Waals surface area contributed by atoms with Crippen molar-refractivity contribution >= 4 is 11.8 Å². The molecule has 1 aromatic carbocycles. The molecule has 1 atom stereocenters. The van der Waals surface area contributed by atoms with E-state index >= 15 is 0 Å². The zero-order valence-electron chi connectivity index (χ0n) is 14.9. The number of hydrogen-bond acceptors (Lipinski definition) is 2. The van der Waals surface area contributed by atoms with E-state index in [1.165, 1.54) is 21.6 Å². The molecule has 0 aliphatic heterocycles. The summed E-state index contributed by atoms with van der Waals surface area (Å²) in [6.45, 7) is 8.74. The minimum absolute atomic E-state index is 0.112. The topological polar surface area (TPSA) is 20.2 Å². The molecule has 0 bridgehead atoms. The molecule has 1 nitrogen and oxygen atoms in total. The molecule has 23 heavy (non-hydrogen) atoms. The second-order valence-corrected chi connectivity index (χ2v) is 7.43.